The standard InChI is InChI=1S/C12H24N2O2/c1-9(2)14-7-6-10(8-14)16-11(15)13-12(3,4)5/h9-10H,6-8H2,1-5H3,(H,13,15)/t10-/m0/s1. The second-order valence-corrected chi connectivity index (χ2v) is 5.78. The SMILES string of the molecule is CC(C)N1CC[C@H](OC(=O)NC(C)(C)C)C1. The third kappa shape index (κ3) is 4.39. The molecule has 0 aromatic rings. The van der Waals surface area contributed by atoms with Crippen molar-refractivity contribution < 1.29 is 9.53 Å². The van der Waals surface area contributed by atoms with Crippen molar-refractivity contribution in [1.82, 2.24) is 10.2 Å². The molecule has 1 aliphatic heterocycles. The molecule has 1 amide bonds. The van der Waals surface area contributed by atoms with Gasteiger partial charge < -0.3 is 10.1 Å². The Hall–Kier alpha value is -0.770. The van der Waals surface area contributed by atoms with Crippen molar-refractivity contribution >= 4 is 6.09 Å². The van der Waals surface area contributed by atoms with E-state index >= 15 is 0 Å². The Labute approximate surface area is 98.3 Å². The normalized spacial score (nSPS) is 22.5. The van der Waals surface area contributed by atoms with E-state index in [1.165, 1.54) is 0 Å². The van der Waals surface area contributed by atoms with E-state index in [-0.39, 0.29) is 17.7 Å². The largest absolute Gasteiger partial charge is 0.445 e. The number of rotatable bonds is 2. The monoisotopic (exact) mass is 228 g/mol. The number of alkyl carbamates (subject to hydrolysis) is 1. The molecule has 94 valence electrons. The van der Waals surface area contributed by atoms with Crippen LogP contribution in [-0.2, 0) is 4.74 Å². The maximum Gasteiger partial charge on any atom is 0.407 e. The Morgan fingerprint density at radius 1 is 1.44 bits per heavy atom. The second kappa shape index (κ2) is 5.04. The van der Waals surface area contributed by atoms with Crippen LogP contribution in [0.5, 0.6) is 0 Å². The number of hydrogen-bond acceptors (Lipinski definition) is 3. The van der Waals surface area contributed by atoms with Gasteiger partial charge in [0, 0.05) is 24.7 Å². The van der Waals surface area contributed by atoms with Crippen molar-refractivity contribution in [3.63, 3.8) is 0 Å². The number of ether oxygens (including phenoxy) is 1. The van der Waals surface area contributed by atoms with E-state index in [9.17, 15) is 4.79 Å². The van der Waals surface area contributed by atoms with Gasteiger partial charge in [-0.3, -0.25) is 4.90 Å². The van der Waals surface area contributed by atoms with Crippen LogP contribution in [0.3, 0.4) is 0 Å². The molecule has 0 aromatic carbocycles. The van der Waals surface area contributed by atoms with E-state index < -0.39 is 0 Å². The second-order valence-electron chi connectivity index (χ2n) is 5.78. The highest BCUT2D eigenvalue weighted by Crippen LogP contribution is 2.15. The minimum Gasteiger partial charge on any atom is -0.445 e. The first-order chi connectivity index (χ1) is 7.28. The number of likely N-dealkylation sites (tertiary alicyclic amines) is 1. The van der Waals surface area contributed by atoms with Gasteiger partial charge in [-0.1, -0.05) is 0 Å². The molecule has 1 rings (SSSR count). The fourth-order valence-electron chi connectivity index (χ4n) is 1.81. The van der Waals surface area contributed by atoms with Gasteiger partial charge in [-0.25, -0.2) is 4.79 Å². The van der Waals surface area contributed by atoms with Crippen LogP contribution in [0.1, 0.15) is 41.0 Å². The highest BCUT2D eigenvalue weighted by atomic mass is 16.6. The molecule has 0 aliphatic carbocycles. The van der Waals surface area contributed by atoms with Crippen LogP contribution in [0.2, 0.25) is 0 Å². The molecule has 0 bridgehead atoms. The Bertz CT molecular complexity index is 246. The lowest BCUT2D eigenvalue weighted by Crippen LogP contribution is -2.42. The van der Waals surface area contributed by atoms with E-state index in [1.807, 2.05) is 20.8 Å². The number of carbonyl (C=O) groups excluding carboxylic acids is 1. The maximum atomic E-state index is 11.5. The summed E-state index contributed by atoms with van der Waals surface area (Å²) < 4.78 is 5.38. The maximum absolute atomic E-state index is 11.5. The van der Waals surface area contributed by atoms with Crippen molar-refractivity contribution in [2.75, 3.05) is 13.1 Å². The van der Waals surface area contributed by atoms with Gasteiger partial charge in [0.2, 0.25) is 0 Å². The Kier molecular flexibility index (Phi) is 4.19. The molecule has 0 radical (unpaired) electrons. The predicted octanol–water partition coefficient (Wildman–Crippen LogP) is 1.99. The van der Waals surface area contributed by atoms with Crippen molar-refractivity contribution in [2.45, 2.75) is 58.7 Å². The highest BCUT2D eigenvalue weighted by molar-refractivity contribution is 5.68. The first-order valence-corrected chi connectivity index (χ1v) is 6.01. The third-order valence-electron chi connectivity index (χ3n) is 2.66. The minimum absolute atomic E-state index is 0.0461. The number of amides is 1. The molecule has 1 N–H and O–H groups in total. The van der Waals surface area contributed by atoms with Crippen molar-refractivity contribution in [3.8, 4) is 0 Å². The van der Waals surface area contributed by atoms with Crippen LogP contribution in [0.15, 0.2) is 0 Å². The van der Waals surface area contributed by atoms with E-state index in [1.54, 1.807) is 0 Å². The van der Waals surface area contributed by atoms with Crippen LogP contribution in [0.4, 0.5) is 4.79 Å². The van der Waals surface area contributed by atoms with Crippen molar-refractivity contribution in [3.05, 3.63) is 0 Å². The van der Waals surface area contributed by atoms with E-state index in [0.29, 0.717) is 6.04 Å². The summed E-state index contributed by atoms with van der Waals surface area (Å²) in [4.78, 5) is 13.9. The van der Waals surface area contributed by atoms with Gasteiger partial charge in [0.15, 0.2) is 0 Å². The number of hydrogen-bond donors (Lipinski definition) is 1. The average molecular weight is 228 g/mol. The van der Waals surface area contributed by atoms with Gasteiger partial charge in [-0.2, -0.15) is 0 Å². The lowest BCUT2D eigenvalue weighted by Gasteiger charge is -2.23. The molecule has 0 saturated carbocycles. The lowest BCUT2D eigenvalue weighted by molar-refractivity contribution is 0.0918. The molecule has 1 fully saturated rings. The minimum atomic E-state index is -0.303. The summed E-state index contributed by atoms with van der Waals surface area (Å²) in [5.41, 5.74) is -0.229. The lowest BCUT2D eigenvalue weighted by atomic mass is 10.1. The molecule has 0 unspecified atom stereocenters. The van der Waals surface area contributed by atoms with Crippen LogP contribution in [-0.4, -0.2) is 41.8 Å². The molecule has 1 atom stereocenters. The van der Waals surface area contributed by atoms with Crippen molar-refractivity contribution in [1.29, 1.82) is 0 Å². The van der Waals surface area contributed by atoms with E-state index in [2.05, 4.69) is 24.1 Å². The van der Waals surface area contributed by atoms with Gasteiger partial charge >= 0.3 is 6.09 Å². The summed E-state index contributed by atoms with van der Waals surface area (Å²) >= 11 is 0. The topological polar surface area (TPSA) is 41.6 Å². The van der Waals surface area contributed by atoms with Gasteiger partial charge in [-0.05, 0) is 41.0 Å². The van der Waals surface area contributed by atoms with Gasteiger partial charge in [-0.15, -0.1) is 0 Å². The van der Waals surface area contributed by atoms with Crippen LogP contribution < -0.4 is 5.32 Å². The number of carbonyl (C=O) groups is 1. The fourth-order valence-corrected chi connectivity index (χ4v) is 1.81. The number of nitrogens with zero attached hydrogens (tertiary/aromatic N) is 1. The molecular weight excluding hydrogens is 204 g/mol. The third-order valence-corrected chi connectivity index (χ3v) is 2.66. The summed E-state index contributed by atoms with van der Waals surface area (Å²) in [6.45, 7) is 12.0. The highest BCUT2D eigenvalue weighted by Gasteiger charge is 2.27. The summed E-state index contributed by atoms with van der Waals surface area (Å²) in [6, 6.07) is 0.527. The van der Waals surface area contributed by atoms with Gasteiger partial charge in [0.1, 0.15) is 6.10 Å². The summed E-state index contributed by atoms with van der Waals surface area (Å²) in [5.74, 6) is 0. The molecule has 4 nitrogen and oxygen atoms in total. The smallest absolute Gasteiger partial charge is 0.407 e. The van der Waals surface area contributed by atoms with E-state index in [4.69, 9.17) is 4.74 Å². The summed E-state index contributed by atoms with van der Waals surface area (Å²) in [6.07, 6.45) is 0.684. The molecule has 1 saturated heterocycles. The molecular formula is C12H24N2O2. The quantitative estimate of drug-likeness (QED) is 0.786. The zero-order valence-electron chi connectivity index (χ0n) is 11.0. The van der Waals surface area contributed by atoms with E-state index in [0.717, 1.165) is 19.5 Å². The van der Waals surface area contributed by atoms with Gasteiger partial charge in [0.25, 0.3) is 0 Å². The Balaban J connectivity index is 2.32. The molecule has 0 aromatic heterocycles. The molecule has 1 heterocycles. The predicted molar refractivity (Wildman–Crippen MR) is 64.5 cm³/mol. The Morgan fingerprint density at radius 3 is 2.50 bits per heavy atom. The first kappa shape index (κ1) is 13.3. The summed E-state index contributed by atoms with van der Waals surface area (Å²) in [5, 5.41) is 2.81. The fraction of sp³-hybridized carbons (Fsp3) is 0.917. The molecule has 4 heteroatoms. The zero-order chi connectivity index (χ0) is 12.3. The molecule has 1 aliphatic rings. The van der Waals surface area contributed by atoms with Crippen LogP contribution in [0.25, 0.3) is 0 Å². The molecule has 0 spiro atoms. The zero-order valence-corrected chi connectivity index (χ0v) is 11.0. The molecule has 16 heavy (non-hydrogen) atoms. The Morgan fingerprint density at radius 2 is 2.06 bits per heavy atom. The average Bonchev–Trinajstić information content (AvgIpc) is 2.48. The van der Waals surface area contributed by atoms with Crippen molar-refractivity contribution in [2.24, 2.45) is 0 Å². The van der Waals surface area contributed by atoms with Gasteiger partial charge in [0.05, 0.1) is 0 Å². The first-order valence-electron chi connectivity index (χ1n) is 6.01. The summed E-state index contributed by atoms with van der Waals surface area (Å²) in [7, 11) is 0. The van der Waals surface area contributed by atoms with Crippen LogP contribution >= 0.6 is 0 Å². The number of nitrogens with one attached hydrogen (secondary N) is 1. The van der Waals surface area contributed by atoms with Crippen LogP contribution in [0, 0.1) is 0 Å².